The molecule has 0 spiro atoms. The van der Waals surface area contributed by atoms with Crippen LogP contribution in [0, 0.1) is 0 Å². The van der Waals surface area contributed by atoms with Crippen LogP contribution in [0.1, 0.15) is 65.3 Å². The minimum absolute atomic E-state index is 0.111. The zero-order chi connectivity index (χ0) is 15.1. The summed E-state index contributed by atoms with van der Waals surface area (Å²) in [6.07, 6.45) is 2.85. The molecule has 1 rings (SSSR count). The topological polar surface area (TPSA) is 47.8 Å². The highest BCUT2D eigenvalue weighted by atomic mass is 19.1. The van der Waals surface area contributed by atoms with Crippen molar-refractivity contribution in [1.82, 2.24) is 15.0 Å². The number of nitrogens with zero attached hydrogens (tertiary/aromatic N) is 3. The highest BCUT2D eigenvalue weighted by Crippen LogP contribution is 2.32. The predicted molar refractivity (Wildman–Crippen MR) is 74.7 cm³/mol. The fourth-order valence-corrected chi connectivity index (χ4v) is 1.87. The summed E-state index contributed by atoms with van der Waals surface area (Å²) in [7, 11) is 1.62. The van der Waals surface area contributed by atoms with E-state index in [1.165, 1.54) is 18.0 Å². The summed E-state index contributed by atoms with van der Waals surface area (Å²) in [6.45, 7) is 9.16. The van der Waals surface area contributed by atoms with Crippen molar-refractivity contribution in [2.24, 2.45) is 7.05 Å². The lowest BCUT2D eigenvalue weighted by Crippen LogP contribution is -2.32. The number of halogens is 1. The van der Waals surface area contributed by atoms with Crippen molar-refractivity contribution in [2.75, 3.05) is 0 Å². The molecule has 110 valence electrons. The van der Waals surface area contributed by atoms with Gasteiger partial charge in [-0.15, -0.1) is 5.10 Å². The van der Waals surface area contributed by atoms with Crippen molar-refractivity contribution in [1.29, 1.82) is 0 Å². The van der Waals surface area contributed by atoms with Crippen LogP contribution in [0.25, 0.3) is 0 Å². The van der Waals surface area contributed by atoms with Gasteiger partial charge in [0.15, 0.2) is 5.78 Å². The monoisotopic (exact) mass is 271 g/mol. The van der Waals surface area contributed by atoms with Crippen LogP contribution >= 0.6 is 0 Å². The average Bonchev–Trinajstić information content (AvgIpc) is 2.71. The van der Waals surface area contributed by atoms with Gasteiger partial charge in [-0.1, -0.05) is 45.7 Å². The van der Waals surface area contributed by atoms with Crippen molar-refractivity contribution in [3.8, 4) is 0 Å². The summed E-state index contributed by atoms with van der Waals surface area (Å²) >= 11 is 0. The number of ketones is 1. The van der Waals surface area contributed by atoms with Crippen LogP contribution in [-0.2, 0) is 23.9 Å². The normalized spacial score (nSPS) is 13.4. The smallest absolute Gasteiger partial charge is 0.211 e. The van der Waals surface area contributed by atoms with E-state index < -0.39 is 11.5 Å². The van der Waals surface area contributed by atoms with E-state index in [9.17, 15) is 9.18 Å². The Hall–Kier alpha value is -1.26. The number of Topliss-reactive ketones (excluding diaryl/α,β-unsaturated/α-hetero) is 1. The lowest BCUT2D eigenvalue weighted by molar-refractivity contribution is -0.129. The first kappa shape index (κ1) is 17.7. The third-order valence-corrected chi connectivity index (χ3v) is 2.80. The van der Waals surface area contributed by atoms with Crippen LogP contribution < -0.4 is 0 Å². The van der Waals surface area contributed by atoms with E-state index in [4.69, 9.17) is 0 Å². The molecule has 4 nitrogen and oxygen atoms in total. The third kappa shape index (κ3) is 4.11. The molecule has 1 atom stereocenters. The third-order valence-electron chi connectivity index (χ3n) is 2.80. The second-order valence-corrected chi connectivity index (χ2v) is 4.68. The minimum Gasteiger partial charge on any atom is -0.296 e. The molecule has 1 unspecified atom stereocenters. The first-order valence-corrected chi connectivity index (χ1v) is 6.97. The Bertz CT molecular complexity index is 403. The molecule has 0 aliphatic heterocycles. The predicted octanol–water partition coefficient (Wildman–Crippen LogP) is 3.35. The van der Waals surface area contributed by atoms with Crippen LogP contribution in [0.15, 0.2) is 0 Å². The molecule has 0 radical (unpaired) electrons. The zero-order valence-corrected chi connectivity index (χ0v) is 13.0. The Morgan fingerprint density at radius 3 is 2.21 bits per heavy atom. The molecule has 0 saturated carbocycles. The lowest BCUT2D eigenvalue weighted by atomic mass is 9.91. The summed E-state index contributed by atoms with van der Waals surface area (Å²) in [6, 6.07) is 0. The molecule has 1 aromatic rings. The van der Waals surface area contributed by atoms with Crippen molar-refractivity contribution in [3.63, 3.8) is 0 Å². The van der Waals surface area contributed by atoms with Gasteiger partial charge in [-0.2, -0.15) is 0 Å². The zero-order valence-electron chi connectivity index (χ0n) is 13.0. The molecule has 0 fully saturated rings. The van der Waals surface area contributed by atoms with E-state index in [2.05, 4.69) is 24.2 Å². The second-order valence-electron chi connectivity index (χ2n) is 4.68. The maximum atomic E-state index is 14.6. The number of carbonyl (C=O) groups excluding carboxylic acids is 1. The maximum absolute atomic E-state index is 14.6. The van der Waals surface area contributed by atoms with Gasteiger partial charge in [0.25, 0.3) is 0 Å². The largest absolute Gasteiger partial charge is 0.296 e. The lowest BCUT2D eigenvalue weighted by Gasteiger charge is -2.21. The van der Waals surface area contributed by atoms with E-state index in [0.29, 0.717) is 17.8 Å². The summed E-state index contributed by atoms with van der Waals surface area (Å²) in [5.41, 5.74) is -1.06. The average molecular weight is 271 g/mol. The van der Waals surface area contributed by atoms with Gasteiger partial charge in [-0.05, 0) is 19.8 Å². The van der Waals surface area contributed by atoms with Crippen molar-refractivity contribution in [2.45, 2.75) is 66.0 Å². The molecule has 1 aromatic heterocycles. The SMILES string of the molecule is CCC.CCCc1nnn(C)c1C(F)(CC)C(C)=O. The van der Waals surface area contributed by atoms with Gasteiger partial charge in [-0.25, -0.2) is 9.07 Å². The van der Waals surface area contributed by atoms with E-state index in [0.717, 1.165) is 6.42 Å². The van der Waals surface area contributed by atoms with Crippen molar-refractivity contribution >= 4 is 5.78 Å². The maximum Gasteiger partial charge on any atom is 0.211 e. The van der Waals surface area contributed by atoms with Crippen molar-refractivity contribution < 1.29 is 9.18 Å². The standard InChI is InChI=1S/C11H18FN3O.C3H8/c1-5-7-9-10(15(4)14-13-9)11(12,6-2)8(3)16;1-3-2/h5-7H2,1-4H3;3H2,1-2H3. The second kappa shape index (κ2) is 8.02. The van der Waals surface area contributed by atoms with Gasteiger partial charge >= 0.3 is 0 Å². The molecule has 0 amide bonds. The van der Waals surface area contributed by atoms with Gasteiger partial charge in [-0.3, -0.25) is 4.79 Å². The highest BCUT2D eigenvalue weighted by molar-refractivity contribution is 5.85. The number of hydrogen-bond donors (Lipinski definition) is 0. The number of alkyl halides is 1. The minimum atomic E-state index is -1.96. The molecule has 0 N–H and O–H groups in total. The molecule has 0 bridgehead atoms. The molecule has 0 saturated heterocycles. The fourth-order valence-electron chi connectivity index (χ4n) is 1.87. The Balaban J connectivity index is 0.000000982. The first-order valence-electron chi connectivity index (χ1n) is 6.97. The molecule has 0 aliphatic rings. The number of carbonyl (C=O) groups is 1. The van der Waals surface area contributed by atoms with Crippen LogP contribution in [0.5, 0.6) is 0 Å². The Kier molecular flexibility index (Phi) is 7.49. The van der Waals surface area contributed by atoms with Crippen molar-refractivity contribution in [3.05, 3.63) is 11.4 Å². The Morgan fingerprint density at radius 2 is 1.84 bits per heavy atom. The summed E-state index contributed by atoms with van der Waals surface area (Å²) < 4.78 is 16.0. The number of aromatic nitrogens is 3. The molecule has 5 heteroatoms. The van der Waals surface area contributed by atoms with Crippen LogP contribution in [0.3, 0.4) is 0 Å². The van der Waals surface area contributed by atoms with Crippen LogP contribution in [0.2, 0.25) is 0 Å². The molecular formula is C14H26FN3O. The highest BCUT2D eigenvalue weighted by Gasteiger charge is 2.40. The Morgan fingerprint density at radius 1 is 1.32 bits per heavy atom. The molecule has 1 heterocycles. The first-order chi connectivity index (χ1) is 8.88. The number of aryl methyl sites for hydroxylation is 2. The molecular weight excluding hydrogens is 245 g/mol. The summed E-state index contributed by atoms with van der Waals surface area (Å²) in [5, 5.41) is 7.73. The van der Waals surface area contributed by atoms with Gasteiger partial charge in [0, 0.05) is 7.05 Å². The molecule has 19 heavy (non-hydrogen) atoms. The summed E-state index contributed by atoms with van der Waals surface area (Å²) in [5.74, 6) is -0.488. The van der Waals surface area contributed by atoms with E-state index in [-0.39, 0.29) is 6.42 Å². The van der Waals surface area contributed by atoms with Crippen LogP contribution in [-0.4, -0.2) is 20.8 Å². The fraction of sp³-hybridized carbons (Fsp3) is 0.786. The van der Waals surface area contributed by atoms with E-state index in [1.54, 1.807) is 14.0 Å². The van der Waals surface area contributed by atoms with Gasteiger partial charge < -0.3 is 0 Å². The molecule has 0 aromatic carbocycles. The van der Waals surface area contributed by atoms with Gasteiger partial charge in [0.05, 0.1) is 5.69 Å². The van der Waals surface area contributed by atoms with Crippen LogP contribution in [0.4, 0.5) is 4.39 Å². The van der Waals surface area contributed by atoms with E-state index in [1.807, 2.05) is 6.92 Å². The number of rotatable bonds is 5. The van der Waals surface area contributed by atoms with Gasteiger partial charge in [0.1, 0.15) is 5.69 Å². The Labute approximate surface area is 115 Å². The molecule has 0 aliphatic carbocycles. The van der Waals surface area contributed by atoms with Gasteiger partial charge in [0.2, 0.25) is 5.67 Å². The summed E-state index contributed by atoms with van der Waals surface area (Å²) in [4.78, 5) is 11.5. The van der Waals surface area contributed by atoms with E-state index >= 15 is 0 Å². The quantitative estimate of drug-likeness (QED) is 0.825. The number of hydrogen-bond acceptors (Lipinski definition) is 3.